The number of pyridine rings is 1. The average Bonchev–Trinajstić information content (AvgIpc) is 3.98. The van der Waals surface area contributed by atoms with Gasteiger partial charge in [0.1, 0.15) is 33.5 Å². The minimum absolute atomic E-state index is 0.00971. The van der Waals surface area contributed by atoms with Crippen LogP contribution in [0.2, 0.25) is 0 Å². The van der Waals surface area contributed by atoms with Crippen molar-refractivity contribution in [1.29, 1.82) is 5.26 Å². The first-order valence-corrected chi connectivity index (χ1v) is 31.9. The second-order valence-corrected chi connectivity index (χ2v) is 26.7. The molecule has 35 heteroatoms. The highest BCUT2D eigenvalue weighted by Crippen LogP contribution is 2.45. The standard InChI is InChI=1S/C45H40N10O18S7/c1-22-14-33(51-53-39-23(2)29(20-46)43-47-30-8-9-37(79(67,68)69)24(3)41(30)55(43)44(39)57)35(73-10-4-12-76(58,59)60)18-31(22)49-52-34-15-26(21-56)32(19-36(34)74-11-5-13-77(61,62)63)50-54-45-48-40-38(80(70,71)72)16-25-6-7-27(78(64,65)66)17-28(25)42(40)75-45/h6-9,14-19,56-57H,4-5,10-13,21H2,1-3H3,(H,58,59,60)(H,61,62,63)(H,64,65,66)(H,67,68,69)(H,70,71,72). The zero-order valence-corrected chi connectivity index (χ0v) is 46.9. The van der Waals surface area contributed by atoms with Gasteiger partial charge >= 0.3 is 0 Å². The Morgan fingerprint density at radius 2 is 1.36 bits per heavy atom. The number of thiazole rings is 1. The molecule has 0 aliphatic heterocycles. The molecule has 420 valence electrons. The number of aromatic nitrogens is 3. The molecule has 0 radical (unpaired) electrons. The predicted octanol–water partition coefficient (Wildman–Crippen LogP) is 9.26. The topological polar surface area (TPSA) is 450 Å². The van der Waals surface area contributed by atoms with Crippen molar-refractivity contribution in [2.45, 2.75) is 59.8 Å². The summed E-state index contributed by atoms with van der Waals surface area (Å²) in [7, 11) is -23.2. The van der Waals surface area contributed by atoms with E-state index in [9.17, 15) is 80.3 Å². The number of benzene rings is 5. The van der Waals surface area contributed by atoms with Gasteiger partial charge < -0.3 is 14.9 Å². The maximum Gasteiger partial charge on any atom is 0.296 e. The molecule has 5 aromatic carbocycles. The van der Waals surface area contributed by atoms with Gasteiger partial charge in [0.15, 0.2) is 11.3 Å². The Morgan fingerprint density at radius 1 is 0.700 bits per heavy atom. The quantitative estimate of drug-likeness (QED) is 0.0162. The smallest absolute Gasteiger partial charge is 0.296 e. The van der Waals surface area contributed by atoms with Crippen molar-refractivity contribution in [2.75, 3.05) is 23.9 Å². The van der Waals surface area contributed by atoms with E-state index in [0.29, 0.717) is 5.56 Å². The molecule has 28 nitrogen and oxygen atoms in total. The first-order valence-electron chi connectivity index (χ1n) is 22.6. The molecule has 0 amide bonds. The lowest BCUT2D eigenvalue weighted by Gasteiger charge is -2.12. The highest BCUT2D eigenvalue weighted by atomic mass is 32.2. The number of hydrogen-bond acceptors (Lipinski definition) is 24. The molecule has 0 fully saturated rings. The Hall–Kier alpha value is -7.05. The summed E-state index contributed by atoms with van der Waals surface area (Å²) in [4.78, 5) is 7.26. The molecular formula is C45H40N10O18S7. The monoisotopic (exact) mass is 1230 g/mol. The SMILES string of the molecule is Cc1cc(N=Nc2c(C)c(C#N)c3nc4ccc(S(=O)(=O)O)c(C)c4n3c2O)c(OCCCS(=O)(=O)O)cc1N=Nc1cc(CO)c(N=Nc2nc3c(S(=O)(=O)O)cc4ccc(S(=O)(=O)O)cc4c3s2)cc1SCCCS(=O)(=O)O. The number of nitrogens with zero attached hydrogens (tertiary/aromatic N) is 10. The van der Waals surface area contributed by atoms with E-state index in [4.69, 9.17) is 4.74 Å². The second kappa shape index (κ2) is 22.5. The number of aromatic hydroxyl groups is 1. The number of rotatable bonds is 20. The van der Waals surface area contributed by atoms with E-state index in [1.807, 2.05) is 6.07 Å². The molecule has 0 aliphatic rings. The summed E-state index contributed by atoms with van der Waals surface area (Å²) in [6.45, 7) is 3.38. The Bertz CT molecular complexity index is 4640. The van der Waals surface area contributed by atoms with E-state index >= 15 is 0 Å². The summed E-state index contributed by atoms with van der Waals surface area (Å²) in [5, 5.41) is 58.3. The van der Waals surface area contributed by atoms with Gasteiger partial charge in [-0.2, -0.15) is 52.5 Å². The highest BCUT2D eigenvalue weighted by Gasteiger charge is 2.26. The van der Waals surface area contributed by atoms with Gasteiger partial charge in [0.25, 0.3) is 50.6 Å². The van der Waals surface area contributed by atoms with Gasteiger partial charge in [-0.05, 0) is 104 Å². The maximum atomic E-state index is 12.5. The summed E-state index contributed by atoms with van der Waals surface area (Å²) >= 11 is 1.78. The maximum absolute atomic E-state index is 12.5. The van der Waals surface area contributed by atoms with Crippen molar-refractivity contribution in [2.24, 2.45) is 30.7 Å². The van der Waals surface area contributed by atoms with Gasteiger partial charge in [-0.1, -0.05) is 17.4 Å². The number of nitriles is 1. The van der Waals surface area contributed by atoms with E-state index < -0.39 is 89.3 Å². The Morgan fingerprint density at radius 3 is 2.01 bits per heavy atom. The van der Waals surface area contributed by atoms with Crippen LogP contribution in [0.15, 0.2) is 111 Å². The summed E-state index contributed by atoms with van der Waals surface area (Å²) in [5.41, 5.74) is 0.101. The van der Waals surface area contributed by atoms with Crippen molar-refractivity contribution in [3.63, 3.8) is 0 Å². The fraction of sp³-hybridized carbons (Fsp3) is 0.222. The van der Waals surface area contributed by atoms with Crippen LogP contribution in [-0.4, -0.2) is 113 Å². The van der Waals surface area contributed by atoms with Gasteiger partial charge in [-0.25, -0.2) is 9.97 Å². The molecule has 0 bridgehead atoms. The Balaban J connectivity index is 1.20. The molecule has 80 heavy (non-hydrogen) atoms. The van der Waals surface area contributed by atoms with Crippen molar-refractivity contribution in [3.8, 4) is 17.7 Å². The van der Waals surface area contributed by atoms with Crippen molar-refractivity contribution >= 4 is 145 Å². The van der Waals surface area contributed by atoms with Gasteiger partial charge in [0, 0.05) is 27.5 Å². The zero-order chi connectivity index (χ0) is 58.4. The molecule has 3 heterocycles. The van der Waals surface area contributed by atoms with Crippen molar-refractivity contribution in [1.82, 2.24) is 14.4 Å². The minimum Gasteiger partial charge on any atom is -0.493 e. The predicted molar refractivity (Wildman–Crippen MR) is 289 cm³/mol. The molecule has 0 aliphatic carbocycles. The number of aryl methyl sites for hydroxylation is 2. The van der Waals surface area contributed by atoms with Crippen LogP contribution in [0.4, 0.5) is 33.6 Å². The molecule has 0 unspecified atom stereocenters. The van der Waals surface area contributed by atoms with Crippen LogP contribution < -0.4 is 4.74 Å². The molecular weight excluding hydrogens is 1190 g/mol. The third-order valence-electron chi connectivity index (χ3n) is 11.8. The molecule has 3 aromatic heterocycles. The molecule has 0 saturated heterocycles. The van der Waals surface area contributed by atoms with Crippen LogP contribution in [0, 0.1) is 32.1 Å². The van der Waals surface area contributed by atoms with E-state index in [-0.39, 0.29) is 129 Å². The number of aliphatic hydroxyl groups excluding tert-OH is 1. The van der Waals surface area contributed by atoms with Gasteiger partial charge in [-0.15, -0.1) is 37.3 Å². The van der Waals surface area contributed by atoms with Crippen LogP contribution in [0.3, 0.4) is 0 Å². The number of thioether (sulfide) groups is 1. The molecule has 8 aromatic rings. The average molecular weight is 1230 g/mol. The molecule has 0 spiro atoms. The summed E-state index contributed by atoms with van der Waals surface area (Å²) in [6.07, 6.45) is -0.274. The number of imidazole rings is 1. The van der Waals surface area contributed by atoms with E-state index in [1.165, 1.54) is 50.2 Å². The first kappa shape index (κ1) is 59.1. The number of ether oxygens (including phenoxy) is 1. The Labute approximate surface area is 462 Å². The molecule has 0 saturated carbocycles. The molecule has 8 rings (SSSR count). The lowest BCUT2D eigenvalue weighted by atomic mass is 10.1. The highest BCUT2D eigenvalue weighted by molar-refractivity contribution is 7.99. The van der Waals surface area contributed by atoms with Crippen LogP contribution in [0.1, 0.15) is 40.7 Å². The number of azo groups is 3. The summed E-state index contributed by atoms with van der Waals surface area (Å²) < 4.78 is 175. The van der Waals surface area contributed by atoms with E-state index in [2.05, 4.69) is 40.7 Å². The third kappa shape index (κ3) is 12.9. The summed E-state index contributed by atoms with van der Waals surface area (Å²) in [6, 6.07) is 14.3. The van der Waals surface area contributed by atoms with Crippen LogP contribution in [0.25, 0.3) is 37.7 Å². The fourth-order valence-electron chi connectivity index (χ4n) is 8.04. The van der Waals surface area contributed by atoms with E-state index in [1.54, 1.807) is 6.92 Å². The van der Waals surface area contributed by atoms with Gasteiger partial charge in [-0.3, -0.25) is 27.2 Å². The zero-order valence-electron chi connectivity index (χ0n) is 41.2. The van der Waals surface area contributed by atoms with Crippen LogP contribution >= 0.6 is 23.1 Å². The minimum atomic E-state index is -4.92. The normalized spacial score (nSPS) is 13.1. The van der Waals surface area contributed by atoms with Gasteiger partial charge in [0.05, 0.1) is 67.3 Å². The van der Waals surface area contributed by atoms with Gasteiger partial charge in [0.2, 0.25) is 11.0 Å². The number of hydrogen-bond donors (Lipinski definition) is 7. The van der Waals surface area contributed by atoms with Crippen LogP contribution in [0.5, 0.6) is 11.6 Å². The second-order valence-electron chi connectivity index (χ2n) is 17.3. The molecule has 0 atom stereocenters. The largest absolute Gasteiger partial charge is 0.493 e. The molecule has 7 N–H and O–H groups in total. The van der Waals surface area contributed by atoms with E-state index in [0.717, 1.165) is 51.8 Å². The fourth-order valence-corrected chi connectivity index (χ4v) is 13.1. The summed E-state index contributed by atoms with van der Waals surface area (Å²) in [5.74, 6) is -1.96. The number of aliphatic hydroxyl groups is 1. The number of fused-ring (bicyclic) bond motifs is 6. The third-order valence-corrected chi connectivity index (χ3v) is 18.2. The lowest BCUT2D eigenvalue weighted by Crippen LogP contribution is -2.08. The lowest BCUT2D eigenvalue weighted by molar-refractivity contribution is 0.282. The first-order chi connectivity index (χ1) is 37.4. The Kier molecular flexibility index (Phi) is 16.6. The van der Waals surface area contributed by atoms with Crippen molar-refractivity contribution in [3.05, 3.63) is 88.5 Å². The van der Waals surface area contributed by atoms with Crippen molar-refractivity contribution < 1.29 is 79.8 Å². The van der Waals surface area contributed by atoms with Crippen LogP contribution in [-0.2, 0) is 57.2 Å².